The lowest BCUT2D eigenvalue weighted by Crippen LogP contribution is -2.26. The van der Waals surface area contributed by atoms with Crippen molar-refractivity contribution in [2.75, 3.05) is 13.7 Å². The van der Waals surface area contributed by atoms with Crippen molar-refractivity contribution in [2.24, 2.45) is 0 Å². The van der Waals surface area contributed by atoms with E-state index in [-0.39, 0.29) is 18.6 Å². The highest BCUT2D eigenvalue weighted by atomic mass is 16.5. The molecule has 0 saturated carbocycles. The van der Waals surface area contributed by atoms with Gasteiger partial charge >= 0.3 is 0 Å². The quantitative estimate of drug-likeness (QED) is 0.658. The van der Waals surface area contributed by atoms with Crippen LogP contribution >= 0.6 is 0 Å². The molecule has 0 saturated heterocycles. The topological polar surface area (TPSA) is 38.3 Å². The summed E-state index contributed by atoms with van der Waals surface area (Å²) in [6.45, 7) is 4.38. The fourth-order valence-corrected chi connectivity index (χ4v) is 0.993. The Balaban J connectivity index is 3.50. The molecule has 0 aliphatic rings. The smallest absolute Gasteiger partial charge is 0.245 e. The van der Waals surface area contributed by atoms with E-state index in [1.807, 2.05) is 0 Å². The lowest BCUT2D eigenvalue weighted by atomic mass is 10.2. The van der Waals surface area contributed by atoms with Crippen LogP contribution in [-0.4, -0.2) is 25.7 Å². The molecular weight excluding hydrogens is 154 g/mol. The minimum absolute atomic E-state index is 0.0513. The van der Waals surface area contributed by atoms with Gasteiger partial charge in [-0.3, -0.25) is 4.79 Å². The Bertz CT molecular complexity index is 126. The van der Waals surface area contributed by atoms with Gasteiger partial charge in [0.05, 0.1) is 6.10 Å². The van der Waals surface area contributed by atoms with E-state index in [0.717, 1.165) is 19.3 Å². The molecule has 0 aromatic carbocycles. The van der Waals surface area contributed by atoms with Gasteiger partial charge in [-0.05, 0) is 12.8 Å². The average molecular weight is 173 g/mol. The predicted octanol–water partition coefficient (Wildman–Crippen LogP) is 1.33. The summed E-state index contributed by atoms with van der Waals surface area (Å²) in [6, 6.07) is 0. The molecule has 1 atom stereocenters. The Labute approximate surface area is 74.5 Å². The number of nitrogens with one attached hydrogen (secondary N) is 1. The Morgan fingerprint density at radius 2 is 2.17 bits per heavy atom. The molecule has 0 spiro atoms. The number of hydrogen-bond acceptors (Lipinski definition) is 2. The van der Waals surface area contributed by atoms with Gasteiger partial charge in [0.2, 0.25) is 5.91 Å². The standard InChI is InChI=1S/C9H19NO2/c1-4-6-8(5-2)12-7-9(11)10-3/h8H,4-7H2,1-3H3,(H,10,11). The van der Waals surface area contributed by atoms with Crippen molar-refractivity contribution >= 4 is 5.91 Å². The molecule has 12 heavy (non-hydrogen) atoms. The normalized spacial score (nSPS) is 12.6. The SMILES string of the molecule is CCCC(CC)OCC(=O)NC. The highest BCUT2D eigenvalue weighted by Crippen LogP contribution is 2.05. The molecule has 0 fully saturated rings. The van der Waals surface area contributed by atoms with E-state index < -0.39 is 0 Å². The van der Waals surface area contributed by atoms with Crippen molar-refractivity contribution in [2.45, 2.75) is 39.2 Å². The van der Waals surface area contributed by atoms with E-state index in [4.69, 9.17) is 4.74 Å². The van der Waals surface area contributed by atoms with Crippen molar-refractivity contribution in [1.82, 2.24) is 5.32 Å². The van der Waals surface area contributed by atoms with Crippen molar-refractivity contribution in [3.8, 4) is 0 Å². The van der Waals surface area contributed by atoms with Crippen molar-refractivity contribution in [1.29, 1.82) is 0 Å². The Morgan fingerprint density at radius 1 is 1.50 bits per heavy atom. The van der Waals surface area contributed by atoms with Gasteiger partial charge in [-0.1, -0.05) is 20.3 Å². The first-order valence-electron chi connectivity index (χ1n) is 4.56. The molecule has 0 aromatic rings. The third-order valence-electron chi connectivity index (χ3n) is 1.79. The molecule has 72 valence electrons. The lowest BCUT2D eigenvalue weighted by Gasteiger charge is -2.13. The highest BCUT2D eigenvalue weighted by molar-refractivity contribution is 5.76. The largest absolute Gasteiger partial charge is 0.368 e. The molecule has 3 heteroatoms. The van der Waals surface area contributed by atoms with E-state index in [9.17, 15) is 4.79 Å². The van der Waals surface area contributed by atoms with Gasteiger partial charge in [0, 0.05) is 7.05 Å². The molecule has 3 nitrogen and oxygen atoms in total. The second-order valence-corrected chi connectivity index (χ2v) is 2.80. The van der Waals surface area contributed by atoms with Gasteiger partial charge in [0.1, 0.15) is 6.61 Å². The summed E-state index contributed by atoms with van der Waals surface area (Å²) in [4.78, 5) is 10.8. The first-order chi connectivity index (χ1) is 5.74. The van der Waals surface area contributed by atoms with E-state index in [0.29, 0.717) is 0 Å². The molecule has 0 heterocycles. The summed E-state index contributed by atoms with van der Waals surface area (Å²) in [5.74, 6) is -0.0513. The first kappa shape index (κ1) is 11.4. The maximum atomic E-state index is 10.8. The van der Waals surface area contributed by atoms with Crippen LogP contribution < -0.4 is 5.32 Å². The Kier molecular flexibility index (Phi) is 6.76. The van der Waals surface area contributed by atoms with Gasteiger partial charge in [0.15, 0.2) is 0 Å². The summed E-state index contributed by atoms with van der Waals surface area (Å²) < 4.78 is 5.37. The molecule has 1 N–H and O–H groups in total. The van der Waals surface area contributed by atoms with Crippen LogP contribution in [-0.2, 0) is 9.53 Å². The third kappa shape index (κ3) is 5.13. The molecule has 1 unspecified atom stereocenters. The van der Waals surface area contributed by atoms with Crippen LogP contribution in [0.1, 0.15) is 33.1 Å². The third-order valence-corrected chi connectivity index (χ3v) is 1.79. The summed E-state index contributed by atoms with van der Waals surface area (Å²) in [7, 11) is 1.62. The average Bonchev–Trinajstić information content (AvgIpc) is 2.11. The number of carbonyl (C=O) groups excluding carboxylic acids is 1. The van der Waals surface area contributed by atoms with Crippen LogP contribution in [0.3, 0.4) is 0 Å². The molecule has 1 amide bonds. The van der Waals surface area contributed by atoms with E-state index in [2.05, 4.69) is 19.2 Å². The van der Waals surface area contributed by atoms with Crippen LogP contribution in [0.15, 0.2) is 0 Å². The summed E-state index contributed by atoms with van der Waals surface area (Å²) in [6.07, 6.45) is 3.36. The molecule has 0 bridgehead atoms. The van der Waals surface area contributed by atoms with Gasteiger partial charge in [-0.2, -0.15) is 0 Å². The summed E-state index contributed by atoms with van der Waals surface area (Å²) in [5, 5.41) is 2.52. The van der Waals surface area contributed by atoms with E-state index in [1.54, 1.807) is 7.05 Å². The van der Waals surface area contributed by atoms with Gasteiger partial charge in [0.25, 0.3) is 0 Å². The first-order valence-corrected chi connectivity index (χ1v) is 4.56. The molecule has 0 aliphatic heterocycles. The van der Waals surface area contributed by atoms with E-state index in [1.165, 1.54) is 0 Å². The monoisotopic (exact) mass is 173 g/mol. The number of likely N-dealkylation sites (N-methyl/N-ethyl adjacent to an activating group) is 1. The predicted molar refractivity (Wildman–Crippen MR) is 49.0 cm³/mol. The van der Waals surface area contributed by atoms with Crippen molar-refractivity contribution < 1.29 is 9.53 Å². The number of hydrogen-bond donors (Lipinski definition) is 1. The molecule has 0 radical (unpaired) electrons. The van der Waals surface area contributed by atoms with Gasteiger partial charge in [-0.25, -0.2) is 0 Å². The fourth-order valence-electron chi connectivity index (χ4n) is 0.993. The lowest BCUT2D eigenvalue weighted by molar-refractivity contribution is -0.127. The highest BCUT2D eigenvalue weighted by Gasteiger charge is 2.06. The van der Waals surface area contributed by atoms with Crippen molar-refractivity contribution in [3.63, 3.8) is 0 Å². The Morgan fingerprint density at radius 3 is 2.58 bits per heavy atom. The molecule has 0 rings (SSSR count). The number of ether oxygens (including phenoxy) is 1. The second-order valence-electron chi connectivity index (χ2n) is 2.80. The zero-order valence-corrected chi connectivity index (χ0v) is 8.22. The van der Waals surface area contributed by atoms with Crippen LogP contribution in [0.4, 0.5) is 0 Å². The zero-order chi connectivity index (χ0) is 9.40. The van der Waals surface area contributed by atoms with Crippen molar-refractivity contribution in [3.05, 3.63) is 0 Å². The molecular formula is C9H19NO2. The minimum Gasteiger partial charge on any atom is -0.368 e. The van der Waals surface area contributed by atoms with Gasteiger partial charge in [-0.15, -0.1) is 0 Å². The minimum atomic E-state index is -0.0513. The number of carbonyl (C=O) groups is 1. The maximum absolute atomic E-state index is 10.8. The maximum Gasteiger partial charge on any atom is 0.245 e. The van der Waals surface area contributed by atoms with Crippen LogP contribution in [0.25, 0.3) is 0 Å². The second kappa shape index (κ2) is 7.10. The number of rotatable bonds is 6. The summed E-state index contributed by atoms with van der Waals surface area (Å²) in [5.41, 5.74) is 0. The van der Waals surface area contributed by atoms with Gasteiger partial charge < -0.3 is 10.1 Å². The molecule has 0 aliphatic carbocycles. The summed E-state index contributed by atoms with van der Waals surface area (Å²) >= 11 is 0. The molecule has 0 aromatic heterocycles. The fraction of sp³-hybridized carbons (Fsp3) is 0.889. The number of amides is 1. The van der Waals surface area contributed by atoms with Crippen LogP contribution in [0.5, 0.6) is 0 Å². The van der Waals surface area contributed by atoms with E-state index >= 15 is 0 Å². The van der Waals surface area contributed by atoms with Crippen LogP contribution in [0, 0.1) is 0 Å². The van der Waals surface area contributed by atoms with Crippen LogP contribution in [0.2, 0.25) is 0 Å². The Hall–Kier alpha value is -0.570. The zero-order valence-electron chi connectivity index (χ0n) is 8.22.